The molecule has 0 saturated carbocycles. The van der Waals surface area contributed by atoms with Gasteiger partial charge < -0.3 is 9.25 Å². The Hall–Kier alpha value is -2.44. The van der Waals surface area contributed by atoms with Crippen molar-refractivity contribution in [1.29, 1.82) is 0 Å². The standard InChI is InChI=1S/C10H7NO6/c12-7-2-3-8(13)11(7)17-10(15)6-1-4-9(14)16-5-6/h1,4-5H,2-3H2. The van der Waals surface area contributed by atoms with Crippen molar-refractivity contribution in [3.8, 4) is 0 Å². The quantitative estimate of drug-likeness (QED) is 0.664. The number of nitrogens with zero attached hydrogens (tertiary/aromatic N) is 1. The third-order valence-electron chi connectivity index (χ3n) is 2.12. The molecule has 88 valence electrons. The van der Waals surface area contributed by atoms with Gasteiger partial charge in [-0.1, -0.05) is 0 Å². The Morgan fingerprint density at radius 2 is 1.82 bits per heavy atom. The molecular weight excluding hydrogens is 230 g/mol. The smallest absolute Gasteiger partial charge is 0.367 e. The molecule has 2 rings (SSSR count). The van der Waals surface area contributed by atoms with Crippen LogP contribution in [0.2, 0.25) is 0 Å². The van der Waals surface area contributed by atoms with Crippen LogP contribution in [0.25, 0.3) is 0 Å². The van der Waals surface area contributed by atoms with Gasteiger partial charge in [0.15, 0.2) is 0 Å². The molecule has 2 heterocycles. The van der Waals surface area contributed by atoms with Gasteiger partial charge in [0.1, 0.15) is 6.26 Å². The van der Waals surface area contributed by atoms with Gasteiger partial charge in [0.25, 0.3) is 11.8 Å². The Kier molecular flexibility index (Phi) is 2.73. The van der Waals surface area contributed by atoms with Crippen molar-refractivity contribution in [2.75, 3.05) is 0 Å². The highest BCUT2D eigenvalue weighted by Crippen LogP contribution is 2.13. The monoisotopic (exact) mass is 237 g/mol. The molecule has 0 bridgehead atoms. The summed E-state index contributed by atoms with van der Waals surface area (Å²) in [7, 11) is 0. The molecule has 0 atom stereocenters. The fraction of sp³-hybridized carbons (Fsp3) is 0.200. The predicted molar refractivity (Wildman–Crippen MR) is 51.5 cm³/mol. The lowest BCUT2D eigenvalue weighted by Gasteiger charge is -2.11. The fourth-order valence-corrected chi connectivity index (χ4v) is 1.27. The molecule has 0 N–H and O–H groups in total. The summed E-state index contributed by atoms with van der Waals surface area (Å²) in [6.45, 7) is 0. The Bertz CT molecular complexity index is 509. The van der Waals surface area contributed by atoms with Crippen molar-refractivity contribution in [3.63, 3.8) is 0 Å². The van der Waals surface area contributed by atoms with Crippen LogP contribution in [0.1, 0.15) is 23.2 Å². The molecule has 1 aliphatic rings. The maximum Gasteiger partial charge on any atom is 0.367 e. The van der Waals surface area contributed by atoms with Gasteiger partial charge in [-0.2, -0.15) is 0 Å². The minimum absolute atomic E-state index is 0.0238. The number of hydrogen-bond donors (Lipinski definition) is 0. The van der Waals surface area contributed by atoms with Crippen molar-refractivity contribution in [2.45, 2.75) is 12.8 Å². The normalized spacial score (nSPS) is 15.2. The molecule has 1 aromatic rings. The van der Waals surface area contributed by atoms with E-state index in [1.54, 1.807) is 0 Å². The first-order chi connectivity index (χ1) is 8.08. The molecule has 1 aliphatic heterocycles. The first-order valence-electron chi connectivity index (χ1n) is 4.75. The number of imide groups is 1. The Morgan fingerprint density at radius 1 is 1.18 bits per heavy atom. The summed E-state index contributed by atoms with van der Waals surface area (Å²) in [5, 5.41) is 0.424. The second-order valence-corrected chi connectivity index (χ2v) is 3.30. The number of hydroxylamine groups is 2. The van der Waals surface area contributed by atoms with Gasteiger partial charge in [-0.25, -0.2) is 9.59 Å². The molecule has 1 aromatic heterocycles. The maximum absolute atomic E-state index is 11.5. The van der Waals surface area contributed by atoms with E-state index in [9.17, 15) is 19.2 Å². The largest absolute Gasteiger partial charge is 0.430 e. The fourth-order valence-electron chi connectivity index (χ4n) is 1.27. The summed E-state index contributed by atoms with van der Waals surface area (Å²) >= 11 is 0. The predicted octanol–water partition coefficient (Wildman–Crippen LogP) is -0.139. The molecular formula is C10H7NO6. The van der Waals surface area contributed by atoms with Crippen molar-refractivity contribution in [3.05, 3.63) is 34.4 Å². The van der Waals surface area contributed by atoms with Crippen LogP contribution >= 0.6 is 0 Å². The lowest BCUT2D eigenvalue weighted by atomic mass is 10.3. The maximum atomic E-state index is 11.5. The Labute approximate surface area is 94.5 Å². The summed E-state index contributed by atoms with van der Waals surface area (Å²) in [6, 6.07) is 2.21. The number of hydrogen-bond acceptors (Lipinski definition) is 6. The summed E-state index contributed by atoms with van der Waals surface area (Å²) in [6.07, 6.45) is 0.946. The van der Waals surface area contributed by atoms with E-state index in [2.05, 4.69) is 9.25 Å². The topological polar surface area (TPSA) is 93.9 Å². The van der Waals surface area contributed by atoms with Crippen molar-refractivity contribution >= 4 is 17.8 Å². The lowest BCUT2D eigenvalue weighted by molar-refractivity contribution is -0.172. The van der Waals surface area contributed by atoms with Crippen LogP contribution in [-0.2, 0) is 14.4 Å². The zero-order chi connectivity index (χ0) is 12.4. The molecule has 17 heavy (non-hydrogen) atoms. The minimum Gasteiger partial charge on any atom is -0.430 e. The van der Waals surface area contributed by atoms with Crippen molar-refractivity contribution in [1.82, 2.24) is 5.06 Å². The van der Waals surface area contributed by atoms with Crippen molar-refractivity contribution < 1.29 is 23.6 Å². The zero-order valence-corrected chi connectivity index (χ0v) is 8.54. The lowest BCUT2D eigenvalue weighted by Crippen LogP contribution is -2.32. The van der Waals surface area contributed by atoms with Crippen LogP contribution in [0.5, 0.6) is 0 Å². The summed E-state index contributed by atoms with van der Waals surface area (Å²) in [5.74, 6) is -2.07. The van der Waals surface area contributed by atoms with Gasteiger partial charge in [-0.05, 0) is 6.07 Å². The molecule has 0 aliphatic carbocycles. The van der Waals surface area contributed by atoms with E-state index in [0.29, 0.717) is 5.06 Å². The van der Waals surface area contributed by atoms with Crippen LogP contribution in [0.3, 0.4) is 0 Å². The van der Waals surface area contributed by atoms with E-state index < -0.39 is 23.4 Å². The molecule has 1 fully saturated rings. The van der Waals surface area contributed by atoms with Gasteiger partial charge in [0.2, 0.25) is 0 Å². The van der Waals surface area contributed by atoms with Crippen LogP contribution < -0.4 is 5.63 Å². The van der Waals surface area contributed by atoms with E-state index in [1.165, 1.54) is 6.07 Å². The van der Waals surface area contributed by atoms with Gasteiger partial charge in [0.05, 0.1) is 5.56 Å². The van der Waals surface area contributed by atoms with Gasteiger partial charge in [-0.3, -0.25) is 9.59 Å². The summed E-state index contributed by atoms with van der Waals surface area (Å²) in [5.41, 5.74) is -0.674. The Morgan fingerprint density at radius 3 is 2.35 bits per heavy atom. The third kappa shape index (κ3) is 2.22. The number of carbonyl (C=O) groups excluding carboxylic acids is 3. The average molecular weight is 237 g/mol. The molecule has 0 unspecified atom stereocenters. The first-order valence-corrected chi connectivity index (χ1v) is 4.75. The number of amides is 2. The highest BCUT2D eigenvalue weighted by atomic mass is 16.7. The highest BCUT2D eigenvalue weighted by Gasteiger charge is 2.33. The molecule has 0 radical (unpaired) electrons. The van der Waals surface area contributed by atoms with E-state index >= 15 is 0 Å². The second-order valence-electron chi connectivity index (χ2n) is 3.30. The molecule has 0 spiro atoms. The molecule has 2 amide bonds. The van der Waals surface area contributed by atoms with Gasteiger partial charge >= 0.3 is 11.6 Å². The van der Waals surface area contributed by atoms with E-state index in [4.69, 9.17) is 0 Å². The van der Waals surface area contributed by atoms with Crippen LogP contribution in [-0.4, -0.2) is 22.8 Å². The number of carbonyl (C=O) groups is 3. The second kappa shape index (κ2) is 4.20. The number of rotatable bonds is 2. The van der Waals surface area contributed by atoms with Crippen LogP contribution in [0, 0.1) is 0 Å². The van der Waals surface area contributed by atoms with E-state index in [-0.39, 0.29) is 18.4 Å². The summed E-state index contributed by atoms with van der Waals surface area (Å²) in [4.78, 5) is 49.0. The zero-order valence-electron chi connectivity index (χ0n) is 8.54. The summed E-state index contributed by atoms with van der Waals surface area (Å²) < 4.78 is 4.45. The van der Waals surface area contributed by atoms with E-state index in [1.807, 2.05) is 0 Å². The van der Waals surface area contributed by atoms with Crippen LogP contribution in [0.15, 0.2) is 27.6 Å². The van der Waals surface area contributed by atoms with Gasteiger partial charge in [0, 0.05) is 18.9 Å². The van der Waals surface area contributed by atoms with Crippen LogP contribution in [0.4, 0.5) is 0 Å². The van der Waals surface area contributed by atoms with Crippen molar-refractivity contribution in [2.24, 2.45) is 0 Å². The first kappa shape index (κ1) is 11.1. The van der Waals surface area contributed by atoms with E-state index in [0.717, 1.165) is 12.3 Å². The molecule has 0 aromatic carbocycles. The average Bonchev–Trinajstić information content (AvgIpc) is 2.61. The highest BCUT2D eigenvalue weighted by molar-refractivity contribution is 6.02. The minimum atomic E-state index is -0.933. The molecule has 7 heteroatoms. The third-order valence-corrected chi connectivity index (χ3v) is 2.12. The molecule has 1 saturated heterocycles. The van der Waals surface area contributed by atoms with Gasteiger partial charge in [-0.15, -0.1) is 5.06 Å². The Balaban J connectivity index is 2.11. The molecule has 7 nitrogen and oxygen atoms in total. The SMILES string of the molecule is O=C(ON1C(=O)CCC1=O)c1ccc(=O)oc1.